The van der Waals surface area contributed by atoms with E-state index in [2.05, 4.69) is 177 Å². The van der Waals surface area contributed by atoms with Gasteiger partial charge in [0, 0.05) is 50.7 Å². The van der Waals surface area contributed by atoms with Gasteiger partial charge in [-0.3, -0.25) is 0 Å². The SMILES string of the molecule is c1ccc(-n2c3ccccc3c3cc(-c4ccc5c(c4)c4c6ccccc6ccc4n5-c4ccc5c(c4)-c4ccnc6nccc-5c46)ccc32)cc1. The van der Waals surface area contributed by atoms with Gasteiger partial charge in [0.25, 0.3) is 0 Å². The fourth-order valence-electron chi connectivity index (χ4n) is 8.91. The second-order valence-electron chi connectivity index (χ2n) is 13.8. The molecule has 4 heteroatoms. The van der Waals surface area contributed by atoms with Gasteiger partial charge in [-0.05, 0) is 117 Å². The summed E-state index contributed by atoms with van der Waals surface area (Å²) >= 11 is 0. The van der Waals surface area contributed by atoms with Crippen molar-refractivity contribution in [2.24, 2.45) is 0 Å². The van der Waals surface area contributed by atoms with Crippen LogP contribution < -0.4 is 0 Å². The molecule has 0 fully saturated rings. The van der Waals surface area contributed by atoms with Gasteiger partial charge in [-0.25, -0.2) is 9.97 Å². The number of benzene rings is 7. The highest BCUT2D eigenvalue weighted by atomic mass is 15.0. The molecule has 52 heavy (non-hydrogen) atoms. The molecular formula is C48H28N4. The Bertz CT molecular complexity index is 3290. The van der Waals surface area contributed by atoms with E-state index in [0.29, 0.717) is 0 Å². The van der Waals surface area contributed by atoms with E-state index in [4.69, 9.17) is 0 Å². The molecule has 1 aliphatic carbocycles. The van der Waals surface area contributed by atoms with Crippen molar-refractivity contribution in [3.63, 3.8) is 0 Å². The minimum atomic E-state index is 0.798. The second kappa shape index (κ2) is 10.3. The maximum Gasteiger partial charge on any atom is 0.160 e. The summed E-state index contributed by atoms with van der Waals surface area (Å²) < 4.78 is 4.82. The van der Waals surface area contributed by atoms with Crippen LogP contribution in [0.2, 0.25) is 0 Å². The topological polar surface area (TPSA) is 35.6 Å². The van der Waals surface area contributed by atoms with Gasteiger partial charge in [-0.2, -0.15) is 0 Å². The summed E-state index contributed by atoms with van der Waals surface area (Å²) in [5.74, 6) is 0. The number of hydrogen-bond donors (Lipinski definition) is 0. The van der Waals surface area contributed by atoms with E-state index in [1.165, 1.54) is 93.5 Å². The van der Waals surface area contributed by atoms with Crippen LogP contribution in [0.15, 0.2) is 170 Å². The molecule has 7 aromatic carbocycles. The molecule has 0 amide bonds. The first kappa shape index (κ1) is 27.7. The summed E-state index contributed by atoms with van der Waals surface area (Å²) in [5, 5.41) is 8.67. The lowest BCUT2D eigenvalue weighted by molar-refractivity contribution is 1.18. The smallest absolute Gasteiger partial charge is 0.160 e. The Morgan fingerprint density at radius 3 is 1.81 bits per heavy atom. The van der Waals surface area contributed by atoms with Gasteiger partial charge in [0.2, 0.25) is 0 Å². The van der Waals surface area contributed by atoms with Gasteiger partial charge in [0.1, 0.15) is 0 Å². The molecule has 4 nitrogen and oxygen atoms in total. The number of hydrogen-bond acceptors (Lipinski definition) is 2. The Hall–Kier alpha value is -7.04. The molecule has 0 radical (unpaired) electrons. The van der Waals surface area contributed by atoms with E-state index in [1.807, 2.05) is 12.4 Å². The normalized spacial score (nSPS) is 12.2. The van der Waals surface area contributed by atoms with Crippen molar-refractivity contribution in [2.45, 2.75) is 0 Å². The second-order valence-corrected chi connectivity index (χ2v) is 13.8. The molecule has 4 heterocycles. The van der Waals surface area contributed by atoms with Gasteiger partial charge in [0.15, 0.2) is 5.65 Å². The van der Waals surface area contributed by atoms with Gasteiger partial charge in [-0.15, -0.1) is 0 Å². The third-order valence-corrected chi connectivity index (χ3v) is 11.2. The van der Waals surface area contributed by atoms with Gasteiger partial charge < -0.3 is 9.13 Å². The monoisotopic (exact) mass is 660 g/mol. The minimum absolute atomic E-state index is 0.798. The zero-order valence-corrected chi connectivity index (χ0v) is 28.0. The number of rotatable bonds is 3. The molecule has 0 N–H and O–H groups in total. The quantitative estimate of drug-likeness (QED) is 0.189. The van der Waals surface area contributed by atoms with Crippen LogP contribution >= 0.6 is 0 Å². The minimum Gasteiger partial charge on any atom is -0.309 e. The molecule has 1 aliphatic rings. The summed E-state index contributed by atoms with van der Waals surface area (Å²) in [6.07, 6.45) is 3.74. The molecule has 0 bridgehead atoms. The van der Waals surface area contributed by atoms with E-state index < -0.39 is 0 Å². The van der Waals surface area contributed by atoms with Crippen LogP contribution in [0.3, 0.4) is 0 Å². The molecule has 0 unspecified atom stereocenters. The van der Waals surface area contributed by atoms with Gasteiger partial charge in [0.05, 0.1) is 22.1 Å². The van der Waals surface area contributed by atoms with Gasteiger partial charge >= 0.3 is 0 Å². The number of aromatic nitrogens is 4. The molecule has 0 saturated heterocycles. The van der Waals surface area contributed by atoms with Crippen LogP contribution in [0, 0.1) is 0 Å². The summed E-state index contributed by atoms with van der Waals surface area (Å²) in [6.45, 7) is 0. The molecule has 4 aromatic heterocycles. The highest BCUT2D eigenvalue weighted by Gasteiger charge is 2.24. The van der Waals surface area contributed by atoms with Crippen molar-refractivity contribution in [3.05, 3.63) is 170 Å². The van der Waals surface area contributed by atoms with E-state index in [9.17, 15) is 0 Å². The van der Waals surface area contributed by atoms with Crippen molar-refractivity contribution in [1.29, 1.82) is 0 Å². The summed E-state index contributed by atoms with van der Waals surface area (Å²) in [5.41, 5.74) is 15.2. The third kappa shape index (κ3) is 3.70. The molecule has 0 atom stereocenters. The Morgan fingerprint density at radius 1 is 0.346 bits per heavy atom. The number of pyridine rings is 2. The predicted molar refractivity (Wildman–Crippen MR) is 216 cm³/mol. The number of fused-ring (bicyclic) bond motifs is 11. The Kier molecular flexibility index (Phi) is 5.47. The summed E-state index contributed by atoms with van der Waals surface area (Å²) in [7, 11) is 0. The zero-order valence-electron chi connectivity index (χ0n) is 28.0. The molecule has 0 saturated carbocycles. The number of nitrogens with zero attached hydrogens (tertiary/aromatic N) is 4. The van der Waals surface area contributed by atoms with Crippen molar-refractivity contribution in [2.75, 3.05) is 0 Å². The Balaban J connectivity index is 1.10. The van der Waals surface area contributed by atoms with Crippen molar-refractivity contribution in [3.8, 4) is 44.8 Å². The summed E-state index contributed by atoms with van der Waals surface area (Å²) in [6, 6.07) is 57.8. The molecule has 0 spiro atoms. The zero-order chi connectivity index (χ0) is 33.9. The average Bonchev–Trinajstić information content (AvgIpc) is 3.84. The van der Waals surface area contributed by atoms with Crippen molar-refractivity contribution < 1.29 is 0 Å². The first-order chi connectivity index (χ1) is 25.8. The lowest BCUT2D eigenvalue weighted by Crippen LogP contribution is -1.95. The van der Waals surface area contributed by atoms with E-state index in [1.54, 1.807) is 0 Å². The Labute approximate surface area is 298 Å². The highest BCUT2D eigenvalue weighted by Crippen LogP contribution is 2.48. The first-order valence-electron chi connectivity index (χ1n) is 17.7. The van der Waals surface area contributed by atoms with Crippen LogP contribution in [-0.2, 0) is 0 Å². The fourth-order valence-corrected chi connectivity index (χ4v) is 8.91. The highest BCUT2D eigenvalue weighted by molar-refractivity contribution is 6.22. The molecule has 0 aliphatic heterocycles. The lowest BCUT2D eigenvalue weighted by atomic mass is 9.99. The summed E-state index contributed by atoms with van der Waals surface area (Å²) in [4.78, 5) is 9.14. The molecule has 240 valence electrons. The van der Waals surface area contributed by atoms with Crippen LogP contribution in [0.4, 0.5) is 0 Å². The van der Waals surface area contributed by atoms with Crippen molar-refractivity contribution >= 4 is 65.4 Å². The molecule has 12 rings (SSSR count). The molecular weight excluding hydrogens is 633 g/mol. The van der Waals surface area contributed by atoms with Gasteiger partial charge in [-0.1, -0.05) is 84.9 Å². The van der Waals surface area contributed by atoms with E-state index >= 15 is 0 Å². The lowest BCUT2D eigenvalue weighted by Gasteiger charge is -2.12. The van der Waals surface area contributed by atoms with E-state index in [-0.39, 0.29) is 0 Å². The fraction of sp³-hybridized carbons (Fsp3) is 0. The van der Waals surface area contributed by atoms with Crippen LogP contribution in [0.1, 0.15) is 0 Å². The number of para-hydroxylation sites is 2. The first-order valence-corrected chi connectivity index (χ1v) is 17.7. The van der Waals surface area contributed by atoms with Crippen LogP contribution in [-0.4, -0.2) is 19.1 Å². The third-order valence-electron chi connectivity index (χ3n) is 11.2. The molecule has 11 aromatic rings. The standard InChI is InChI=1S/C48H28N4/c1-2-9-32(10-3-1)51-42-13-7-6-12-36(42)40-26-30(15-19-43(40)51)31-16-20-44-41(27-31)46-34-11-5-4-8-29(34)14-21-45(46)52(44)33-17-18-35-37-22-24-49-48-47(37)38(23-25-50-48)39(35)28-33/h1-28H. The average molecular weight is 661 g/mol. The maximum atomic E-state index is 4.57. The predicted octanol–water partition coefficient (Wildman–Crippen LogP) is 12.3. The van der Waals surface area contributed by atoms with E-state index in [0.717, 1.165) is 16.7 Å². The van der Waals surface area contributed by atoms with Crippen LogP contribution in [0.25, 0.3) is 110 Å². The van der Waals surface area contributed by atoms with Crippen LogP contribution in [0.5, 0.6) is 0 Å². The van der Waals surface area contributed by atoms with Crippen molar-refractivity contribution in [1.82, 2.24) is 19.1 Å². The Morgan fingerprint density at radius 2 is 0.981 bits per heavy atom. The maximum absolute atomic E-state index is 4.57. The largest absolute Gasteiger partial charge is 0.309 e.